The summed E-state index contributed by atoms with van der Waals surface area (Å²) in [7, 11) is -3.50. The molecular formula is C21H28N2O2S. The molecule has 3 rings (SSSR count). The number of likely N-dealkylation sites (tertiary alicyclic amines) is 1. The molecule has 0 aromatic heterocycles. The van der Waals surface area contributed by atoms with Crippen LogP contribution in [0.2, 0.25) is 0 Å². The molecule has 1 N–H and O–H groups in total. The fraction of sp³-hybridized carbons (Fsp3) is 0.429. The highest BCUT2D eigenvalue weighted by Crippen LogP contribution is 2.24. The van der Waals surface area contributed by atoms with Crippen LogP contribution < -0.4 is 4.72 Å². The van der Waals surface area contributed by atoms with E-state index >= 15 is 0 Å². The Bertz CT molecular complexity index is 781. The number of sulfonamides is 1. The molecule has 1 heterocycles. The smallest absolute Gasteiger partial charge is 0.240 e. The molecule has 1 aliphatic heterocycles. The van der Waals surface area contributed by atoms with Gasteiger partial charge in [0.15, 0.2) is 0 Å². The van der Waals surface area contributed by atoms with E-state index < -0.39 is 10.0 Å². The summed E-state index contributed by atoms with van der Waals surface area (Å²) in [6.45, 7) is 4.38. The van der Waals surface area contributed by atoms with Gasteiger partial charge in [-0.3, -0.25) is 4.90 Å². The van der Waals surface area contributed by atoms with Gasteiger partial charge < -0.3 is 0 Å². The molecule has 0 amide bonds. The second kappa shape index (κ2) is 8.80. The van der Waals surface area contributed by atoms with Crippen LogP contribution in [0.4, 0.5) is 0 Å². The van der Waals surface area contributed by atoms with Crippen LogP contribution >= 0.6 is 0 Å². The highest BCUT2D eigenvalue weighted by atomic mass is 32.2. The van der Waals surface area contributed by atoms with Crippen molar-refractivity contribution >= 4 is 10.0 Å². The second-order valence-electron chi connectivity index (χ2n) is 7.04. The van der Waals surface area contributed by atoms with Crippen LogP contribution in [-0.4, -0.2) is 33.0 Å². The summed E-state index contributed by atoms with van der Waals surface area (Å²) in [6.07, 6.45) is 4.86. The van der Waals surface area contributed by atoms with E-state index in [1.807, 2.05) is 37.3 Å². The first-order valence-corrected chi connectivity index (χ1v) is 10.9. The van der Waals surface area contributed by atoms with Crippen molar-refractivity contribution in [2.45, 2.75) is 43.5 Å². The summed E-state index contributed by atoms with van der Waals surface area (Å²) in [5.41, 5.74) is 2.22. The predicted molar refractivity (Wildman–Crippen MR) is 106 cm³/mol. The molecule has 0 saturated carbocycles. The Morgan fingerprint density at radius 2 is 1.54 bits per heavy atom. The molecule has 1 aliphatic rings. The lowest BCUT2D eigenvalue weighted by molar-refractivity contribution is 0.206. The molecule has 0 radical (unpaired) electrons. The minimum Gasteiger partial charge on any atom is -0.295 e. The summed E-state index contributed by atoms with van der Waals surface area (Å²) >= 11 is 0. The number of nitrogens with one attached hydrogen (secondary N) is 1. The van der Waals surface area contributed by atoms with E-state index in [1.165, 1.54) is 31.2 Å². The lowest BCUT2D eigenvalue weighted by atomic mass is 10.1. The summed E-state index contributed by atoms with van der Waals surface area (Å²) in [5.74, 6) is 0. The SMILES string of the molecule is Cc1ccc(S(=O)(=O)NCC(c2ccccc2)N2CCCCCC2)cc1. The predicted octanol–water partition coefficient (Wildman–Crippen LogP) is 3.89. The third kappa shape index (κ3) is 4.93. The van der Waals surface area contributed by atoms with Crippen LogP contribution in [0.25, 0.3) is 0 Å². The highest BCUT2D eigenvalue weighted by Gasteiger charge is 2.24. The maximum atomic E-state index is 12.7. The normalized spacial score (nSPS) is 17.6. The molecule has 140 valence electrons. The van der Waals surface area contributed by atoms with E-state index in [4.69, 9.17) is 0 Å². The fourth-order valence-electron chi connectivity index (χ4n) is 3.53. The van der Waals surface area contributed by atoms with E-state index in [0.717, 1.165) is 18.7 Å². The van der Waals surface area contributed by atoms with Crippen molar-refractivity contribution in [3.63, 3.8) is 0 Å². The molecule has 0 aliphatic carbocycles. The molecule has 1 atom stereocenters. The van der Waals surface area contributed by atoms with Crippen molar-refractivity contribution in [1.29, 1.82) is 0 Å². The van der Waals surface area contributed by atoms with Gasteiger partial charge in [-0.25, -0.2) is 13.1 Å². The van der Waals surface area contributed by atoms with E-state index in [2.05, 4.69) is 21.8 Å². The van der Waals surface area contributed by atoms with Gasteiger partial charge in [0.05, 0.1) is 4.90 Å². The van der Waals surface area contributed by atoms with Crippen LogP contribution in [0.1, 0.15) is 42.9 Å². The summed E-state index contributed by atoms with van der Waals surface area (Å²) in [5, 5.41) is 0. The Kier molecular flexibility index (Phi) is 6.46. The molecule has 1 fully saturated rings. The lowest BCUT2D eigenvalue weighted by Crippen LogP contribution is -2.38. The number of nitrogens with zero attached hydrogens (tertiary/aromatic N) is 1. The molecule has 1 saturated heterocycles. The largest absolute Gasteiger partial charge is 0.295 e. The van der Waals surface area contributed by atoms with Gasteiger partial charge in [0.25, 0.3) is 0 Å². The van der Waals surface area contributed by atoms with Crippen LogP contribution in [0.3, 0.4) is 0 Å². The van der Waals surface area contributed by atoms with Gasteiger partial charge in [-0.15, -0.1) is 0 Å². The van der Waals surface area contributed by atoms with E-state index in [1.54, 1.807) is 12.1 Å². The van der Waals surface area contributed by atoms with Gasteiger partial charge in [0.1, 0.15) is 0 Å². The third-order valence-corrected chi connectivity index (χ3v) is 6.50. The first-order chi connectivity index (χ1) is 12.6. The molecule has 4 nitrogen and oxygen atoms in total. The monoisotopic (exact) mass is 372 g/mol. The molecule has 0 bridgehead atoms. The molecular weight excluding hydrogens is 344 g/mol. The quantitative estimate of drug-likeness (QED) is 0.837. The van der Waals surface area contributed by atoms with Gasteiger partial charge in [-0.1, -0.05) is 60.9 Å². The molecule has 0 spiro atoms. The van der Waals surface area contributed by atoms with Crippen LogP contribution in [0.5, 0.6) is 0 Å². The third-order valence-electron chi connectivity index (χ3n) is 5.06. The maximum absolute atomic E-state index is 12.7. The summed E-state index contributed by atoms with van der Waals surface area (Å²) < 4.78 is 28.2. The van der Waals surface area contributed by atoms with Crippen molar-refractivity contribution in [3.8, 4) is 0 Å². The van der Waals surface area contributed by atoms with Crippen LogP contribution in [0.15, 0.2) is 59.5 Å². The van der Waals surface area contributed by atoms with Gasteiger partial charge in [0, 0.05) is 12.6 Å². The minimum absolute atomic E-state index is 0.0644. The van der Waals surface area contributed by atoms with Gasteiger partial charge in [0.2, 0.25) is 10.0 Å². The average Bonchev–Trinajstić information content (AvgIpc) is 2.92. The Labute approximate surface area is 157 Å². The summed E-state index contributed by atoms with van der Waals surface area (Å²) in [6, 6.07) is 17.3. The van der Waals surface area contributed by atoms with Crippen molar-refractivity contribution in [1.82, 2.24) is 9.62 Å². The highest BCUT2D eigenvalue weighted by molar-refractivity contribution is 7.89. The average molecular weight is 373 g/mol. The standard InChI is InChI=1S/C21H28N2O2S/c1-18-11-13-20(14-12-18)26(24,25)22-17-21(19-9-5-4-6-10-19)23-15-7-2-3-8-16-23/h4-6,9-14,21-22H,2-3,7-8,15-17H2,1H3. The Morgan fingerprint density at radius 1 is 0.923 bits per heavy atom. The van der Waals surface area contributed by atoms with Gasteiger partial charge in [-0.05, 0) is 50.6 Å². The number of aryl methyl sites for hydroxylation is 1. The first-order valence-electron chi connectivity index (χ1n) is 9.41. The van der Waals surface area contributed by atoms with E-state index in [-0.39, 0.29) is 6.04 Å². The van der Waals surface area contributed by atoms with E-state index in [0.29, 0.717) is 11.4 Å². The van der Waals surface area contributed by atoms with Crippen molar-refractivity contribution in [3.05, 3.63) is 65.7 Å². The van der Waals surface area contributed by atoms with Crippen LogP contribution in [0, 0.1) is 6.92 Å². The molecule has 1 unspecified atom stereocenters. The molecule has 2 aromatic carbocycles. The zero-order valence-electron chi connectivity index (χ0n) is 15.4. The fourth-order valence-corrected chi connectivity index (χ4v) is 4.57. The van der Waals surface area contributed by atoms with Crippen molar-refractivity contribution in [2.24, 2.45) is 0 Å². The van der Waals surface area contributed by atoms with Crippen molar-refractivity contribution < 1.29 is 8.42 Å². The van der Waals surface area contributed by atoms with Crippen molar-refractivity contribution in [2.75, 3.05) is 19.6 Å². The Morgan fingerprint density at radius 3 is 2.15 bits per heavy atom. The molecule has 26 heavy (non-hydrogen) atoms. The number of rotatable bonds is 6. The second-order valence-corrected chi connectivity index (χ2v) is 8.81. The Hall–Kier alpha value is -1.69. The number of hydrogen-bond acceptors (Lipinski definition) is 3. The zero-order chi connectivity index (χ0) is 18.4. The van der Waals surface area contributed by atoms with Gasteiger partial charge >= 0.3 is 0 Å². The zero-order valence-corrected chi connectivity index (χ0v) is 16.2. The first kappa shape index (κ1) is 19.1. The van der Waals surface area contributed by atoms with Gasteiger partial charge in [-0.2, -0.15) is 0 Å². The number of hydrogen-bond donors (Lipinski definition) is 1. The van der Waals surface area contributed by atoms with Crippen LogP contribution in [-0.2, 0) is 10.0 Å². The molecule has 5 heteroatoms. The molecule has 2 aromatic rings. The summed E-state index contributed by atoms with van der Waals surface area (Å²) in [4.78, 5) is 2.76. The number of benzene rings is 2. The minimum atomic E-state index is -3.50. The maximum Gasteiger partial charge on any atom is 0.240 e. The topological polar surface area (TPSA) is 49.4 Å². The lowest BCUT2D eigenvalue weighted by Gasteiger charge is -2.31. The Balaban J connectivity index is 1.78. The van der Waals surface area contributed by atoms with E-state index in [9.17, 15) is 8.42 Å².